The van der Waals surface area contributed by atoms with E-state index in [1.807, 2.05) is 25.1 Å². The number of hydrogen-bond donors (Lipinski definition) is 1. The van der Waals surface area contributed by atoms with Crippen molar-refractivity contribution in [3.63, 3.8) is 0 Å². The van der Waals surface area contributed by atoms with Crippen molar-refractivity contribution in [2.45, 2.75) is 19.9 Å². The number of carbonyl (C=O) groups is 1. The van der Waals surface area contributed by atoms with Crippen LogP contribution in [0.5, 0.6) is 5.75 Å². The summed E-state index contributed by atoms with van der Waals surface area (Å²) in [5.41, 5.74) is 2.11. The molecule has 0 spiro atoms. The van der Waals surface area contributed by atoms with E-state index in [1.165, 1.54) is 4.57 Å². The quantitative estimate of drug-likeness (QED) is 0.514. The summed E-state index contributed by atoms with van der Waals surface area (Å²) in [6.07, 6.45) is 2.17. The van der Waals surface area contributed by atoms with Gasteiger partial charge in [-0.25, -0.2) is 4.98 Å². The van der Waals surface area contributed by atoms with Gasteiger partial charge in [-0.05, 0) is 47.9 Å². The van der Waals surface area contributed by atoms with Gasteiger partial charge in [0, 0.05) is 18.3 Å². The Hall–Kier alpha value is -3.59. The topological polar surface area (TPSA) is 99.0 Å². The number of hydrogen-bond acceptors (Lipinski definition) is 7. The first-order valence-electron chi connectivity index (χ1n) is 9.35. The summed E-state index contributed by atoms with van der Waals surface area (Å²) in [6, 6.07) is 12.5. The van der Waals surface area contributed by atoms with Gasteiger partial charge in [0.2, 0.25) is 5.91 Å². The number of nitrogens with zero attached hydrogens (tertiary/aromatic N) is 4. The van der Waals surface area contributed by atoms with Gasteiger partial charge in [-0.3, -0.25) is 19.1 Å². The van der Waals surface area contributed by atoms with Crippen LogP contribution < -0.4 is 15.6 Å². The second kappa shape index (κ2) is 8.42. The van der Waals surface area contributed by atoms with Gasteiger partial charge in [0.1, 0.15) is 34.0 Å². The van der Waals surface area contributed by atoms with E-state index in [1.54, 1.807) is 37.6 Å². The molecule has 30 heavy (non-hydrogen) atoms. The normalized spacial score (nSPS) is 10.9. The van der Waals surface area contributed by atoms with E-state index < -0.39 is 0 Å². The molecule has 0 saturated heterocycles. The molecule has 0 aliphatic heterocycles. The Bertz CT molecular complexity index is 1250. The minimum Gasteiger partial charge on any atom is -0.497 e. The Morgan fingerprint density at radius 2 is 2.00 bits per heavy atom. The third-order valence-corrected chi connectivity index (χ3v) is 5.38. The molecule has 8 nitrogen and oxygen atoms in total. The van der Waals surface area contributed by atoms with Crippen molar-refractivity contribution in [3.05, 3.63) is 64.8 Å². The molecule has 0 aliphatic carbocycles. The molecule has 1 aromatic carbocycles. The van der Waals surface area contributed by atoms with Crippen LogP contribution in [-0.2, 0) is 17.8 Å². The van der Waals surface area contributed by atoms with Gasteiger partial charge < -0.3 is 10.1 Å². The van der Waals surface area contributed by atoms with Crippen molar-refractivity contribution >= 4 is 33.3 Å². The van der Waals surface area contributed by atoms with Crippen molar-refractivity contribution in [1.29, 1.82) is 0 Å². The van der Waals surface area contributed by atoms with E-state index in [-0.39, 0.29) is 18.0 Å². The summed E-state index contributed by atoms with van der Waals surface area (Å²) in [7, 11) is 1.58. The molecular weight excluding hydrogens is 402 g/mol. The zero-order valence-electron chi connectivity index (χ0n) is 16.5. The Kier molecular flexibility index (Phi) is 5.53. The number of ether oxygens (including phenoxy) is 1. The standard InChI is InChI=1S/C21H19N5O3S/c1-3-16-24-19-18(15-6-4-5-11-22-15)25-30-20(19)21(28)26(16)12-17(27)23-13-7-9-14(29-2)10-8-13/h4-11H,3,12H2,1-2H3,(H,23,27). The molecule has 1 N–H and O–H groups in total. The fourth-order valence-electron chi connectivity index (χ4n) is 3.08. The van der Waals surface area contributed by atoms with Crippen molar-refractivity contribution in [1.82, 2.24) is 18.9 Å². The lowest BCUT2D eigenvalue weighted by Crippen LogP contribution is -2.30. The molecule has 1 amide bonds. The molecule has 3 heterocycles. The maximum Gasteiger partial charge on any atom is 0.273 e. The lowest BCUT2D eigenvalue weighted by molar-refractivity contribution is -0.116. The van der Waals surface area contributed by atoms with Crippen molar-refractivity contribution < 1.29 is 9.53 Å². The smallest absolute Gasteiger partial charge is 0.273 e. The highest BCUT2D eigenvalue weighted by molar-refractivity contribution is 7.13. The van der Waals surface area contributed by atoms with Crippen LogP contribution in [-0.4, -0.2) is 31.9 Å². The summed E-state index contributed by atoms with van der Waals surface area (Å²) in [5.74, 6) is 0.906. The van der Waals surface area contributed by atoms with Gasteiger partial charge in [-0.2, -0.15) is 4.37 Å². The van der Waals surface area contributed by atoms with Crippen LogP contribution in [0.3, 0.4) is 0 Å². The molecule has 0 unspecified atom stereocenters. The number of methoxy groups -OCH3 is 1. The Balaban J connectivity index is 1.66. The van der Waals surface area contributed by atoms with E-state index >= 15 is 0 Å². The van der Waals surface area contributed by atoms with Gasteiger partial charge in [-0.1, -0.05) is 13.0 Å². The fraction of sp³-hybridized carbons (Fsp3) is 0.190. The summed E-state index contributed by atoms with van der Waals surface area (Å²) >= 11 is 1.07. The first kappa shape index (κ1) is 19.7. The first-order chi connectivity index (χ1) is 14.6. The molecule has 0 fully saturated rings. The van der Waals surface area contributed by atoms with E-state index in [2.05, 4.69) is 19.7 Å². The number of benzene rings is 1. The molecule has 0 radical (unpaired) electrons. The second-order valence-electron chi connectivity index (χ2n) is 6.47. The van der Waals surface area contributed by atoms with Gasteiger partial charge in [-0.15, -0.1) is 0 Å². The summed E-state index contributed by atoms with van der Waals surface area (Å²) in [5, 5.41) is 2.80. The average Bonchev–Trinajstić information content (AvgIpc) is 3.21. The fourth-order valence-corrected chi connectivity index (χ4v) is 3.86. The monoisotopic (exact) mass is 421 g/mol. The van der Waals surface area contributed by atoms with Crippen LogP contribution in [0.1, 0.15) is 12.7 Å². The number of pyridine rings is 1. The highest BCUT2D eigenvalue weighted by Gasteiger charge is 2.19. The number of nitrogens with one attached hydrogen (secondary N) is 1. The van der Waals surface area contributed by atoms with Crippen molar-refractivity contribution in [2.75, 3.05) is 12.4 Å². The van der Waals surface area contributed by atoms with Crippen LogP contribution >= 0.6 is 11.5 Å². The molecule has 4 aromatic rings. The Morgan fingerprint density at radius 1 is 1.20 bits per heavy atom. The lowest BCUT2D eigenvalue weighted by atomic mass is 10.2. The summed E-state index contributed by atoms with van der Waals surface area (Å²) < 4.78 is 11.3. The minimum absolute atomic E-state index is 0.131. The number of aromatic nitrogens is 4. The lowest BCUT2D eigenvalue weighted by Gasteiger charge is -2.12. The molecule has 0 bridgehead atoms. The highest BCUT2D eigenvalue weighted by Crippen LogP contribution is 2.26. The third kappa shape index (κ3) is 3.79. The molecule has 9 heteroatoms. The third-order valence-electron chi connectivity index (χ3n) is 4.56. The van der Waals surface area contributed by atoms with Crippen LogP contribution in [0.25, 0.3) is 21.6 Å². The van der Waals surface area contributed by atoms with Crippen LogP contribution in [0.15, 0.2) is 53.5 Å². The predicted octanol–water partition coefficient (Wildman–Crippen LogP) is 3.12. The highest BCUT2D eigenvalue weighted by atomic mass is 32.1. The number of amides is 1. The summed E-state index contributed by atoms with van der Waals surface area (Å²) in [6.45, 7) is 1.76. The van der Waals surface area contributed by atoms with Gasteiger partial charge in [0.05, 0.1) is 12.8 Å². The molecule has 4 rings (SSSR count). The average molecular weight is 421 g/mol. The maximum absolute atomic E-state index is 13.1. The van der Waals surface area contributed by atoms with Crippen molar-refractivity contribution in [2.24, 2.45) is 0 Å². The van der Waals surface area contributed by atoms with Gasteiger partial charge in [0.25, 0.3) is 5.56 Å². The maximum atomic E-state index is 13.1. The van der Waals surface area contributed by atoms with Crippen LogP contribution in [0.4, 0.5) is 5.69 Å². The second-order valence-corrected chi connectivity index (χ2v) is 7.25. The Morgan fingerprint density at radius 3 is 2.67 bits per heavy atom. The van der Waals surface area contributed by atoms with E-state index in [4.69, 9.17) is 4.74 Å². The minimum atomic E-state index is -0.312. The molecule has 0 atom stereocenters. The number of anilines is 1. The van der Waals surface area contributed by atoms with E-state index in [0.29, 0.717) is 45.3 Å². The van der Waals surface area contributed by atoms with Crippen molar-refractivity contribution in [3.8, 4) is 17.1 Å². The summed E-state index contributed by atoms with van der Waals surface area (Å²) in [4.78, 5) is 34.6. The molecule has 152 valence electrons. The largest absolute Gasteiger partial charge is 0.497 e. The number of rotatable bonds is 6. The Labute approximate surface area is 176 Å². The molecule has 0 saturated carbocycles. The molecule has 3 aromatic heterocycles. The zero-order valence-corrected chi connectivity index (χ0v) is 17.3. The first-order valence-corrected chi connectivity index (χ1v) is 10.1. The van der Waals surface area contributed by atoms with Gasteiger partial charge in [0.15, 0.2) is 0 Å². The van der Waals surface area contributed by atoms with E-state index in [9.17, 15) is 9.59 Å². The van der Waals surface area contributed by atoms with Gasteiger partial charge >= 0.3 is 0 Å². The van der Waals surface area contributed by atoms with Crippen LogP contribution in [0.2, 0.25) is 0 Å². The zero-order chi connectivity index (χ0) is 21.1. The molecular formula is C21H19N5O3S. The molecule has 0 aliphatic rings. The number of fused-ring (bicyclic) bond motifs is 1. The SMILES string of the molecule is CCc1nc2c(-c3ccccn3)nsc2c(=O)n1CC(=O)Nc1ccc(OC)cc1. The number of aryl methyl sites for hydroxylation is 1. The van der Waals surface area contributed by atoms with E-state index in [0.717, 1.165) is 11.5 Å². The number of carbonyl (C=O) groups excluding carboxylic acids is 1. The predicted molar refractivity (Wildman–Crippen MR) is 116 cm³/mol. The van der Waals surface area contributed by atoms with Crippen LogP contribution in [0, 0.1) is 0 Å².